The number of hydrogen-bond donors (Lipinski definition) is 0. The molecule has 5 nitrogen and oxygen atoms in total. The van der Waals surface area contributed by atoms with Gasteiger partial charge in [-0.3, -0.25) is 10.1 Å². The standard InChI is InChI=1S/C19H13N3O2S/c1-13-5-7-15(8-6-13)18-12-25-19(21-18)16(11-20)9-14-3-2-4-17(10-14)22(23)24/h2-10,12H,1H3/b16-9+. The molecule has 0 N–H and O–H groups in total. The van der Waals surface area contributed by atoms with Crippen LogP contribution in [-0.2, 0) is 0 Å². The molecule has 0 amide bonds. The number of aromatic nitrogens is 1. The van der Waals surface area contributed by atoms with E-state index in [1.807, 2.05) is 36.6 Å². The third-order valence-electron chi connectivity index (χ3n) is 3.59. The second-order valence-electron chi connectivity index (χ2n) is 5.43. The van der Waals surface area contributed by atoms with Gasteiger partial charge in [0.2, 0.25) is 0 Å². The third-order valence-corrected chi connectivity index (χ3v) is 4.47. The lowest BCUT2D eigenvalue weighted by molar-refractivity contribution is -0.384. The molecule has 2 aromatic carbocycles. The molecule has 0 saturated carbocycles. The van der Waals surface area contributed by atoms with Crippen molar-refractivity contribution >= 4 is 28.7 Å². The number of hydrogen-bond acceptors (Lipinski definition) is 5. The molecular weight excluding hydrogens is 334 g/mol. The van der Waals surface area contributed by atoms with Gasteiger partial charge < -0.3 is 0 Å². The number of nitrogens with zero attached hydrogens (tertiary/aromatic N) is 3. The summed E-state index contributed by atoms with van der Waals surface area (Å²) in [5, 5.41) is 22.8. The highest BCUT2D eigenvalue weighted by Gasteiger charge is 2.10. The Labute approximate surface area is 148 Å². The fourth-order valence-electron chi connectivity index (χ4n) is 2.29. The Morgan fingerprint density at radius 1 is 1.28 bits per heavy atom. The minimum Gasteiger partial charge on any atom is -0.258 e. The molecule has 1 aromatic heterocycles. The molecule has 3 rings (SSSR count). The lowest BCUT2D eigenvalue weighted by Crippen LogP contribution is -1.88. The predicted octanol–water partition coefficient (Wildman–Crippen LogP) is 5.09. The average molecular weight is 347 g/mol. The van der Waals surface area contributed by atoms with E-state index in [2.05, 4.69) is 11.1 Å². The predicted molar refractivity (Wildman–Crippen MR) is 98.9 cm³/mol. The maximum Gasteiger partial charge on any atom is 0.270 e. The summed E-state index contributed by atoms with van der Waals surface area (Å²) >= 11 is 1.38. The van der Waals surface area contributed by atoms with Crippen LogP contribution in [0.15, 0.2) is 53.9 Å². The number of nitro groups is 1. The molecule has 0 saturated heterocycles. The van der Waals surface area contributed by atoms with Crippen LogP contribution in [0.1, 0.15) is 16.1 Å². The number of non-ortho nitro benzene ring substituents is 1. The van der Waals surface area contributed by atoms with Crippen LogP contribution >= 0.6 is 11.3 Å². The smallest absolute Gasteiger partial charge is 0.258 e. The Bertz CT molecular complexity index is 998. The van der Waals surface area contributed by atoms with Crippen molar-refractivity contribution in [1.82, 2.24) is 4.98 Å². The van der Waals surface area contributed by atoms with Crippen LogP contribution < -0.4 is 0 Å². The Kier molecular flexibility index (Phi) is 4.68. The largest absolute Gasteiger partial charge is 0.270 e. The van der Waals surface area contributed by atoms with E-state index in [1.165, 1.54) is 29.0 Å². The molecule has 3 aromatic rings. The molecule has 0 radical (unpaired) electrons. The fourth-order valence-corrected chi connectivity index (χ4v) is 3.09. The van der Waals surface area contributed by atoms with Gasteiger partial charge in [0, 0.05) is 23.1 Å². The molecule has 0 aliphatic heterocycles. The van der Waals surface area contributed by atoms with Gasteiger partial charge in [0.05, 0.1) is 16.2 Å². The quantitative estimate of drug-likeness (QED) is 0.374. The van der Waals surface area contributed by atoms with Gasteiger partial charge in [-0.2, -0.15) is 5.26 Å². The van der Waals surface area contributed by atoms with E-state index in [4.69, 9.17) is 0 Å². The molecule has 6 heteroatoms. The first-order valence-corrected chi connectivity index (χ1v) is 8.34. The van der Waals surface area contributed by atoms with E-state index in [1.54, 1.807) is 18.2 Å². The van der Waals surface area contributed by atoms with Crippen molar-refractivity contribution in [2.45, 2.75) is 6.92 Å². The van der Waals surface area contributed by atoms with Crippen LogP contribution in [0, 0.1) is 28.4 Å². The minimum atomic E-state index is -0.456. The number of aryl methyl sites for hydroxylation is 1. The molecule has 0 aliphatic rings. The lowest BCUT2D eigenvalue weighted by atomic mass is 10.1. The van der Waals surface area contributed by atoms with Crippen molar-refractivity contribution in [3.63, 3.8) is 0 Å². The topological polar surface area (TPSA) is 79.8 Å². The molecule has 0 fully saturated rings. The number of nitro benzene ring substituents is 1. The minimum absolute atomic E-state index is 0.00878. The van der Waals surface area contributed by atoms with Crippen molar-refractivity contribution < 1.29 is 4.92 Å². The highest BCUT2D eigenvalue weighted by Crippen LogP contribution is 2.28. The first kappa shape index (κ1) is 16.6. The molecule has 0 aliphatic carbocycles. The van der Waals surface area contributed by atoms with Crippen LogP contribution in [0.3, 0.4) is 0 Å². The van der Waals surface area contributed by atoms with Crippen LogP contribution in [0.2, 0.25) is 0 Å². The molecule has 0 spiro atoms. The second kappa shape index (κ2) is 7.07. The zero-order valence-electron chi connectivity index (χ0n) is 13.3. The molecule has 25 heavy (non-hydrogen) atoms. The molecule has 1 heterocycles. The van der Waals surface area contributed by atoms with Crippen LogP contribution in [0.5, 0.6) is 0 Å². The molecular formula is C19H13N3O2S. The van der Waals surface area contributed by atoms with E-state index in [0.717, 1.165) is 11.3 Å². The van der Waals surface area contributed by atoms with Crippen molar-refractivity contribution in [3.05, 3.63) is 80.2 Å². The Morgan fingerprint density at radius 3 is 2.72 bits per heavy atom. The highest BCUT2D eigenvalue weighted by atomic mass is 32.1. The number of thiazole rings is 1. The highest BCUT2D eigenvalue weighted by molar-refractivity contribution is 7.11. The Balaban J connectivity index is 1.94. The van der Waals surface area contributed by atoms with Gasteiger partial charge in [0.25, 0.3) is 5.69 Å². The summed E-state index contributed by atoms with van der Waals surface area (Å²) in [4.78, 5) is 14.9. The normalized spacial score (nSPS) is 11.1. The first-order valence-electron chi connectivity index (χ1n) is 7.46. The summed E-state index contributed by atoms with van der Waals surface area (Å²) in [5.74, 6) is 0. The summed E-state index contributed by atoms with van der Waals surface area (Å²) in [7, 11) is 0. The van der Waals surface area contributed by atoms with E-state index in [9.17, 15) is 15.4 Å². The van der Waals surface area contributed by atoms with Gasteiger partial charge in [-0.25, -0.2) is 4.98 Å². The third kappa shape index (κ3) is 3.79. The summed E-state index contributed by atoms with van der Waals surface area (Å²) in [6.07, 6.45) is 1.62. The fraction of sp³-hybridized carbons (Fsp3) is 0.0526. The van der Waals surface area contributed by atoms with Crippen molar-refractivity contribution in [2.24, 2.45) is 0 Å². The first-order chi connectivity index (χ1) is 12.1. The van der Waals surface area contributed by atoms with Crippen molar-refractivity contribution in [3.8, 4) is 17.3 Å². The van der Waals surface area contributed by atoms with Gasteiger partial charge in [0.1, 0.15) is 11.1 Å². The number of rotatable bonds is 4. The van der Waals surface area contributed by atoms with Crippen molar-refractivity contribution in [1.29, 1.82) is 5.26 Å². The van der Waals surface area contributed by atoms with Gasteiger partial charge in [-0.1, -0.05) is 42.0 Å². The van der Waals surface area contributed by atoms with Gasteiger partial charge >= 0.3 is 0 Å². The zero-order chi connectivity index (χ0) is 17.8. The van der Waals surface area contributed by atoms with Crippen LogP contribution in [0.4, 0.5) is 5.69 Å². The molecule has 0 atom stereocenters. The number of nitriles is 1. The summed E-state index contributed by atoms with van der Waals surface area (Å²) in [6, 6.07) is 16.3. The maximum absolute atomic E-state index is 10.9. The second-order valence-corrected chi connectivity index (χ2v) is 6.28. The SMILES string of the molecule is Cc1ccc(-c2csc(/C(C#N)=C/c3cccc([N+](=O)[O-])c3)n2)cc1. The van der Waals surface area contributed by atoms with E-state index in [0.29, 0.717) is 16.1 Å². The summed E-state index contributed by atoms with van der Waals surface area (Å²) in [5.41, 5.74) is 3.93. The molecule has 122 valence electrons. The van der Waals surface area contributed by atoms with E-state index in [-0.39, 0.29) is 5.69 Å². The summed E-state index contributed by atoms with van der Waals surface area (Å²) in [6.45, 7) is 2.02. The van der Waals surface area contributed by atoms with Crippen LogP contribution in [0.25, 0.3) is 22.9 Å². The van der Waals surface area contributed by atoms with Crippen molar-refractivity contribution in [2.75, 3.05) is 0 Å². The maximum atomic E-state index is 10.9. The van der Waals surface area contributed by atoms with E-state index >= 15 is 0 Å². The number of allylic oxidation sites excluding steroid dienone is 1. The monoisotopic (exact) mass is 347 g/mol. The zero-order valence-corrected chi connectivity index (χ0v) is 14.2. The van der Waals surface area contributed by atoms with E-state index < -0.39 is 4.92 Å². The van der Waals surface area contributed by atoms with Gasteiger partial charge in [-0.05, 0) is 18.6 Å². The Morgan fingerprint density at radius 2 is 2.04 bits per heavy atom. The van der Waals surface area contributed by atoms with Gasteiger partial charge in [0.15, 0.2) is 0 Å². The molecule has 0 unspecified atom stereocenters. The average Bonchev–Trinajstić information content (AvgIpc) is 3.10. The summed E-state index contributed by atoms with van der Waals surface area (Å²) < 4.78 is 0. The van der Waals surface area contributed by atoms with Gasteiger partial charge in [-0.15, -0.1) is 11.3 Å². The Hall–Kier alpha value is -3.30. The van der Waals surface area contributed by atoms with Crippen LogP contribution in [-0.4, -0.2) is 9.91 Å². The molecule has 0 bridgehead atoms. The lowest BCUT2D eigenvalue weighted by Gasteiger charge is -1.98. The number of benzene rings is 2.